The molecule has 1 aliphatic heterocycles. The van der Waals surface area contributed by atoms with Gasteiger partial charge >= 0.3 is 0 Å². The van der Waals surface area contributed by atoms with Crippen LogP contribution in [0.1, 0.15) is 15.9 Å². The van der Waals surface area contributed by atoms with E-state index in [9.17, 15) is 9.59 Å². The smallest absolute Gasteiger partial charge is 0.296 e. The fourth-order valence-electron chi connectivity index (χ4n) is 1.96. The summed E-state index contributed by atoms with van der Waals surface area (Å²) in [5, 5.41) is 2.58. The Balaban J connectivity index is 1.76. The van der Waals surface area contributed by atoms with Gasteiger partial charge < -0.3 is 5.32 Å². The molecule has 19 heavy (non-hydrogen) atoms. The molecule has 0 radical (unpaired) electrons. The standard InChI is InChI=1S/C15H11NO2S/c17-14-12-7-6-11(8-13(12)16-15(14)18)19-9-10-4-2-1-3-5-10/h1-8H,9H2,(H,16,17,18). The van der Waals surface area contributed by atoms with Crippen molar-refractivity contribution in [1.82, 2.24) is 0 Å². The van der Waals surface area contributed by atoms with E-state index in [1.807, 2.05) is 30.3 Å². The summed E-state index contributed by atoms with van der Waals surface area (Å²) in [6.45, 7) is 0. The minimum Gasteiger partial charge on any atom is -0.318 e. The van der Waals surface area contributed by atoms with Crippen molar-refractivity contribution in [3.05, 3.63) is 59.7 Å². The number of carbonyl (C=O) groups is 2. The SMILES string of the molecule is O=C1Nc2cc(SCc3ccccc3)ccc2C1=O. The number of benzene rings is 2. The lowest BCUT2D eigenvalue weighted by molar-refractivity contribution is -0.112. The Morgan fingerprint density at radius 1 is 1.00 bits per heavy atom. The number of thioether (sulfide) groups is 1. The van der Waals surface area contributed by atoms with Gasteiger partial charge in [-0.3, -0.25) is 9.59 Å². The number of hydrogen-bond acceptors (Lipinski definition) is 3. The third-order valence-corrected chi connectivity index (χ3v) is 4.00. The molecule has 3 rings (SSSR count). The van der Waals surface area contributed by atoms with Gasteiger partial charge in [-0.2, -0.15) is 0 Å². The molecule has 94 valence electrons. The van der Waals surface area contributed by atoms with Gasteiger partial charge in [0.15, 0.2) is 0 Å². The van der Waals surface area contributed by atoms with Gasteiger partial charge in [-0.05, 0) is 23.8 Å². The summed E-state index contributed by atoms with van der Waals surface area (Å²) in [7, 11) is 0. The van der Waals surface area contributed by atoms with Crippen LogP contribution in [0, 0.1) is 0 Å². The number of carbonyl (C=O) groups excluding carboxylic acids is 2. The normalized spacial score (nSPS) is 13.3. The summed E-state index contributed by atoms with van der Waals surface area (Å²) in [5.41, 5.74) is 2.33. The first-order chi connectivity index (χ1) is 9.24. The molecule has 0 saturated carbocycles. The molecule has 4 heteroatoms. The fourth-order valence-corrected chi connectivity index (χ4v) is 2.85. The van der Waals surface area contributed by atoms with E-state index in [1.165, 1.54) is 5.56 Å². The van der Waals surface area contributed by atoms with E-state index < -0.39 is 11.7 Å². The molecule has 0 fully saturated rings. The molecule has 0 saturated heterocycles. The quantitative estimate of drug-likeness (QED) is 0.688. The Kier molecular flexibility index (Phi) is 3.09. The van der Waals surface area contributed by atoms with Crippen LogP contribution in [0.3, 0.4) is 0 Å². The van der Waals surface area contributed by atoms with Gasteiger partial charge in [-0.25, -0.2) is 0 Å². The summed E-state index contributed by atoms with van der Waals surface area (Å²) in [6.07, 6.45) is 0. The third kappa shape index (κ3) is 2.39. The predicted molar refractivity (Wildman–Crippen MR) is 75.4 cm³/mol. The maximum Gasteiger partial charge on any atom is 0.296 e. The zero-order valence-corrected chi connectivity index (χ0v) is 10.9. The number of fused-ring (bicyclic) bond motifs is 1. The second-order valence-corrected chi connectivity index (χ2v) is 5.31. The second-order valence-electron chi connectivity index (χ2n) is 4.26. The van der Waals surface area contributed by atoms with Gasteiger partial charge in [0.05, 0.1) is 11.3 Å². The Bertz CT molecular complexity index is 652. The third-order valence-electron chi connectivity index (χ3n) is 2.94. The molecule has 2 aromatic rings. The largest absolute Gasteiger partial charge is 0.318 e. The maximum atomic E-state index is 11.5. The van der Waals surface area contributed by atoms with Crippen LogP contribution in [0.4, 0.5) is 5.69 Å². The minimum absolute atomic E-state index is 0.449. The van der Waals surface area contributed by atoms with Gasteiger partial charge in [-0.15, -0.1) is 11.8 Å². The van der Waals surface area contributed by atoms with E-state index >= 15 is 0 Å². The van der Waals surface area contributed by atoms with Crippen molar-refractivity contribution in [1.29, 1.82) is 0 Å². The van der Waals surface area contributed by atoms with Crippen LogP contribution in [0.2, 0.25) is 0 Å². The predicted octanol–water partition coefficient (Wildman–Crippen LogP) is 3.11. The molecule has 1 aliphatic rings. The van der Waals surface area contributed by atoms with Crippen molar-refractivity contribution >= 4 is 29.1 Å². The van der Waals surface area contributed by atoms with Crippen LogP contribution in [0.25, 0.3) is 0 Å². The van der Waals surface area contributed by atoms with Gasteiger partial charge in [0.25, 0.3) is 11.7 Å². The summed E-state index contributed by atoms with van der Waals surface area (Å²) in [6, 6.07) is 15.6. The number of nitrogens with one attached hydrogen (secondary N) is 1. The van der Waals surface area contributed by atoms with Crippen LogP contribution in [0.15, 0.2) is 53.4 Å². The van der Waals surface area contributed by atoms with Crippen molar-refractivity contribution in [2.75, 3.05) is 5.32 Å². The minimum atomic E-state index is -0.541. The molecule has 0 bridgehead atoms. The van der Waals surface area contributed by atoms with Crippen molar-refractivity contribution in [2.24, 2.45) is 0 Å². The summed E-state index contributed by atoms with van der Waals surface area (Å²) in [5.74, 6) is -0.128. The van der Waals surface area contributed by atoms with Gasteiger partial charge in [0.2, 0.25) is 0 Å². The zero-order valence-electron chi connectivity index (χ0n) is 10.1. The first-order valence-corrected chi connectivity index (χ1v) is 6.89. The monoisotopic (exact) mass is 269 g/mol. The number of rotatable bonds is 3. The second kappa shape index (κ2) is 4.90. The number of amides is 1. The first-order valence-electron chi connectivity index (χ1n) is 5.90. The molecule has 2 aromatic carbocycles. The average molecular weight is 269 g/mol. The van der Waals surface area contributed by atoms with E-state index in [1.54, 1.807) is 17.8 Å². The van der Waals surface area contributed by atoms with E-state index in [2.05, 4.69) is 17.4 Å². The molecule has 0 aromatic heterocycles. The highest BCUT2D eigenvalue weighted by Gasteiger charge is 2.27. The number of anilines is 1. The number of hydrogen-bond donors (Lipinski definition) is 1. The van der Waals surface area contributed by atoms with Crippen molar-refractivity contribution in [3.63, 3.8) is 0 Å². The molecule has 0 unspecified atom stereocenters. The summed E-state index contributed by atoms with van der Waals surface area (Å²) >= 11 is 1.68. The van der Waals surface area contributed by atoms with Crippen molar-refractivity contribution in [3.8, 4) is 0 Å². The van der Waals surface area contributed by atoms with Crippen LogP contribution in [-0.2, 0) is 10.5 Å². The van der Waals surface area contributed by atoms with E-state index in [4.69, 9.17) is 0 Å². The Labute approximate surface area is 115 Å². The molecule has 0 atom stereocenters. The van der Waals surface area contributed by atoms with E-state index in [0.29, 0.717) is 11.3 Å². The summed E-state index contributed by atoms with van der Waals surface area (Å²) in [4.78, 5) is 23.8. The average Bonchev–Trinajstić information content (AvgIpc) is 2.73. The molecular formula is C15H11NO2S. The van der Waals surface area contributed by atoms with E-state index in [-0.39, 0.29) is 0 Å². The fraction of sp³-hybridized carbons (Fsp3) is 0.0667. The van der Waals surface area contributed by atoms with Crippen molar-refractivity contribution in [2.45, 2.75) is 10.6 Å². The lowest BCUT2D eigenvalue weighted by Gasteiger charge is -2.04. The Morgan fingerprint density at radius 3 is 2.58 bits per heavy atom. The highest BCUT2D eigenvalue weighted by Crippen LogP contribution is 2.30. The number of Topliss-reactive ketones (excluding diaryl/α,β-unsaturated/α-hetero) is 1. The molecule has 0 spiro atoms. The maximum absolute atomic E-state index is 11.5. The molecule has 1 amide bonds. The van der Waals surface area contributed by atoms with Crippen LogP contribution in [0.5, 0.6) is 0 Å². The molecular weight excluding hydrogens is 258 g/mol. The molecule has 0 aliphatic carbocycles. The van der Waals surface area contributed by atoms with Gasteiger partial charge in [0.1, 0.15) is 0 Å². The number of ketones is 1. The van der Waals surface area contributed by atoms with Gasteiger partial charge in [-0.1, -0.05) is 30.3 Å². The van der Waals surface area contributed by atoms with Crippen molar-refractivity contribution < 1.29 is 9.59 Å². The van der Waals surface area contributed by atoms with E-state index in [0.717, 1.165) is 10.6 Å². The Morgan fingerprint density at radius 2 is 1.79 bits per heavy atom. The molecule has 3 nitrogen and oxygen atoms in total. The van der Waals surface area contributed by atoms with Crippen LogP contribution in [-0.4, -0.2) is 11.7 Å². The zero-order chi connectivity index (χ0) is 13.2. The summed E-state index contributed by atoms with van der Waals surface area (Å²) < 4.78 is 0. The highest BCUT2D eigenvalue weighted by atomic mass is 32.2. The first kappa shape index (κ1) is 12.0. The Hall–Kier alpha value is -2.07. The molecule has 1 heterocycles. The topological polar surface area (TPSA) is 46.2 Å². The van der Waals surface area contributed by atoms with Crippen LogP contribution >= 0.6 is 11.8 Å². The van der Waals surface area contributed by atoms with Crippen LogP contribution < -0.4 is 5.32 Å². The lowest BCUT2D eigenvalue weighted by Crippen LogP contribution is -2.12. The lowest BCUT2D eigenvalue weighted by atomic mass is 10.1. The van der Waals surface area contributed by atoms with Gasteiger partial charge in [0, 0.05) is 10.6 Å². The molecule has 1 N–H and O–H groups in total. The highest BCUT2D eigenvalue weighted by molar-refractivity contribution is 7.98.